The van der Waals surface area contributed by atoms with Crippen molar-refractivity contribution < 1.29 is 28.5 Å². The van der Waals surface area contributed by atoms with Crippen molar-refractivity contribution >= 4 is 33.7 Å². The van der Waals surface area contributed by atoms with Crippen LogP contribution in [0.1, 0.15) is 29.3 Å². The number of fused-ring (bicyclic) bond motifs is 2. The number of aromatic nitrogens is 1. The molecular weight excluding hydrogens is 473 g/mol. The minimum absolute atomic E-state index is 0.0649. The van der Waals surface area contributed by atoms with Crippen molar-refractivity contribution in [2.45, 2.75) is 20.0 Å². The third-order valence-electron chi connectivity index (χ3n) is 5.84. The number of hydrogen-bond acceptors (Lipinski definition) is 6. The first-order valence-electron chi connectivity index (χ1n) is 11.5. The Morgan fingerprint density at radius 1 is 0.946 bits per heavy atom. The zero-order chi connectivity index (χ0) is 25.8. The van der Waals surface area contributed by atoms with Crippen LogP contribution in [0.15, 0.2) is 95.8 Å². The summed E-state index contributed by atoms with van der Waals surface area (Å²) in [6.07, 6.45) is 1.74. The van der Waals surface area contributed by atoms with E-state index in [9.17, 15) is 14.1 Å². The van der Waals surface area contributed by atoms with Gasteiger partial charge in [0.2, 0.25) is 0 Å². The number of rotatable bonds is 6. The lowest BCUT2D eigenvalue weighted by Gasteiger charge is -2.11. The molecule has 1 aliphatic rings. The number of nitrogens with zero attached hydrogens (tertiary/aromatic N) is 1. The number of para-hydroxylation sites is 1. The summed E-state index contributed by atoms with van der Waals surface area (Å²) in [7, 11) is 0. The maximum atomic E-state index is 13.5. The number of esters is 2. The van der Waals surface area contributed by atoms with Gasteiger partial charge < -0.3 is 9.47 Å². The Hall–Kier alpha value is -4.96. The highest BCUT2D eigenvalue weighted by atomic mass is 19.3. The number of benzene rings is 3. The maximum Gasteiger partial charge on any atom is 0.345 e. The lowest BCUT2D eigenvalue weighted by Crippen LogP contribution is -2.09. The molecule has 0 aliphatic heterocycles. The molecule has 0 fully saturated rings. The fraction of sp³-hybridized carbons (Fsp3) is 0.100. The van der Waals surface area contributed by atoms with Gasteiger partial charge in [0.15, 0.2) is 11.5 Å². The van der Waals surface area contributed by atoms with Gasteiger partial charge in [-0.25, -0.2) is 14.6 Å². The van der Waals surface area contributed by atoms with E-state index in [-0.39, 0.29) is 30.1 Å². The van der Waals surface area contributed by atoms with Crippen molar-refractivity contribution in [2.75, 3.05) is 0 Å². The molecule has 3 aromatic carbocycles. The molecule has 5 rings (SSSR count). The summed E-state index contributed by atoms with van der Waals surface area (Å²) in [6.45, 7) is 1.84. The second-order valence-corrected chi connectivity index (χ2v) is 8.37. The van der Waals surface area contributed by atoms with Crippen LogP contribution in [0.25, 0.3) is 21.8 Å². The molecule has 0 radical (unpaired) electrons. The molecule has 182 valence electrons. The van der Waals surface area contributed by atoms with E-state index in [1.165, 1.54) is 12.1 Å². The summed E-state index contributed by atoms with van der Waals surface area (Å²) < 4.78 is 24.1. The minimum atomic E-state index is -0.688. The van der Waals surface area contributed by atoms with Gasteiger partial charge >= 0.3 is 11.9 Å². The largest absolute Gasteiger partial charge is 0.457 e. The fourth-order valence-corrected chi connectivity index (χ4v) is 4.03. The highest BCUT2D eigenvalue weighted by Gasteiger charge is 2.21. The summed E-state index contributed by atoms with van der Waals surface area (Å²) >= 11 is 0. The summed E-state index contributed by atoms with van der Waals surface area (Å²) in [5.41, 5.74) is 3.00. The van der Waals surface area contributed by atoms with Gasteiger partial charge in [0.05, 0.1) is 16.6 Å². The van der Waals surface area contributed by atoms with E-state index in [1.54, 1.807) is 37.3 Å². The van der Waals surface area contributed by atoms with Crippen LogP contribution in [-0.4, -0.2) is 16.9 Å². The van der Waals surface area contributed by atoms with E-state index in [0.717, 1.165) is 5.56 Å². The van der Waals surface area contributed by atoms with E-state index in [4.69, 9.17) is 9.47 Å². The number of carbonyl (C=O) groups is 2. The molecule has 6 nitrogen and oxygen atoms in total. The Morgan fingerprint density at radius 3 is 2.51 bits per heavy atom. The van der Waals surface area contributed by atoms with Gasteiger partial charge in [-0.15, -0.1) is 0 Å². The van der Waals surface area contributed by atoms with Crippen LogP contribution in [0.5, 0.6) is 5.75 Å². The Labute approximate surface area is 211 Å². The molecule has 0 amide bonds. The predicted octanol–water partition coefficient (Wildman–Crippen LogP) is 6.16. The van der Waals surface area contributed by atoms with Crippen LogP contribution in [0.3, 0.4) is 0 Å². The molecule has 0 saturated heterocycles. The highest BCUT2D eigenvalue weighted by molar-refractivity contribution is 6.14. The molecule has 37 heavy (non-hydrogen) atoms. The lowest BCUT2D eigenvalue weighted by molar-refractivity contribution is -0.140. The van der Waals surface area contributed by atoms with Crippen molar-refractivity contribution in [3.05, 3.63) is 107 Å². The molecule has 0 saturated carbocycles. The number of allylic oxidation sites excluding steroid dienone is 3. The first-order valence-corrected chi connectivity index (χ1v) is 11.5. The number of pyridine rings is 1. The molecule has 0 spiro atoms. The summed E-state index contributed by atoms with van der Waals surface area (Å²) in [5, 5.41) is 0.913. The van der Waals surface area contributed by atoms with Gasteiger partial charge in [0.1, 0.15) is 6.61 Å². The van der Waals surface area contributed by atoms with Gasteiger partial charge in [-0.2, -0.15) is 0 Å². The van der Waals surface area contributed by atoms with Gasteiger partial charge in [-0.1, -0.05) is 54.5 Å². The van der Waals surface area contributed by atoms with Gasteiger partial charge in [-0.3, -0.25) is 4.94 Å². The van der Waals surface area contributed by atoms with Crippen molar-refractivity contribution in [1.29, 1.82) is 0 Å². The zero-order valence-corrected chi connectivity index (χ0v) is 19.8. The Morgan fingerprint density at radius 2 is 1.70 bits per heavy atom. The number of carbonyl (C=O) groups excluding carboxylic acids is 2. The van der Waals surface area contributed by atoms with E-state index in [1.807, 2.05) is 36.4 Å². The molecule has 1 aromatic heterocycles. The topological polar surface area (TPSA) is 74.7 Å². The van der Waals surface area contributed by atoms with E-state index >= 15 is 0 Å². The SMILES string of the molecule is CC1=C(OC(=O)c2c3ccccc3nc3ccc(OF)cc23)C#CCC(C(=O)OCc2ccccc2)=C1. The molecule has 7 heteroatoms. The smallest absolute Gasteiger partial charge is 0.345 e. The Balaban J connectivity index is 1.45. The summed E-state index contributed by atoms with van der Waals surface area (Å²) in [4.78, 5) is 34.5. The van der Waals surface area contributed by atoms with Gasteiger partial charge in [0.25, 0.3) is 0 Å². The quantitative estimate of drug-likeness (QED) is 0.182. The third kappa shape index (κ3) is 5.04. The van der Waals surface area contributed by atoms with E-state index < -0.39 is 11.9 Å². The molecule has 4 aromatic rings. The number of halogens is 1. The molecule has 0 atom stereocenters. The van der Waals surface area contributed by atoms with Crippen LogP contribution < -0.4 is 4.94 Å². The van der Waals surface area contributed by atoms with E-state index in [0.29, 0.717) is 33.0 Å². The Bertz CT molecular complexity index is 1660. The third-order valence-corrected chi connectivity index (χ3v) is 5.84. The van der Waals surface area contributed by atoms with Crippen LogP contribution >= 0.6 is 0 Å². The van der Waals surface area contributed by atoms with Crippen LogP contribution in [-0.2, 0) is 20.9 Å². The molecule has 1 heterocycles. The second kappa shape index (κ2) is 10.3. The van der Waals surface area contributed by atoms with Gasteiger partial charge in [-0.05, 0) is 48.7 Å². The average molecular weight is 493 g/mol. The average Bonchev–Trinajstić information content (AvgIpc) is 3.11. The summed E-state index contributed by atoms with van der Waals surface area (Å²) in [6, 6.07) is 20.8. The predicted molar refractivity (Wildman–Crippen MR) is 136 cm³/mol. The second-order valence-electron chi connectivity index (χ2n) is 8.37. The molecule has 1 aliphatic carbocycles. The molecule has 0 bridgehead atoms. The van der Waals surface area contributed by atoms with E-state index in [2.05, 4.69) is 21.8 Å². The monoisotopic (exact) mass is 493 g/mol. The number of hydrogen-bond donors (Lipinski definition) is 0. The normalized spacial score (nSPS) is 12.9. The fourth-order valence-electron chi connectivity index (χ4n) is 4.03. The minimum Gasteiger partial charge on any atom is -0.457 e. The first kappa shape index (κ1) is 23.8. The van der Waals surface area contributed by atoms with Crippen LogP contribution in [0.2, 0.25) is 0 Å². The number of ether oxygens (including phenoxy) is 2. The Kier molecular flexibility index (Phi) is 6.64. The highest BCUT2D eigenvalue weighted by Crippen LogP contribution is 2.30. The standard InChI is InChI=1S/C30H20FNO5/c1-19-16-21(29(33)35-18-20-8-3-2-4-9-20)10-7-13-27(19)36-30(34)28-23-11-5-6-12-25(23)32-26-15-14-22(37-31)17-24(26)28/h2-6,8-9,11-12,14-17H,10,18H2,1H3. The lowest BCUT2D eigenvalue weighted by atomic mass is 10.0. The van der Waals surface area contributed by atoms with Gasteiger partial charge in [0, 0.05) is 32.9 Å². The van der Waals surface area contributed by atoms with Crippen molar-refractivity contribution in [3.8, 4) is 17.6 Å². The molecule has 0 N–H and O–H groups in total. The molecule has 0 unspecified atom stereocenters. The maximum absolute atomic E-state index is 13.5. The van der Waals surface area contributed by atoms with Crippen LogP contribution in [0.4, 0.5) is 4.53 Å². The van der Waals surface area contributed by atoms with Crippen molar-refractivity contribution in [3.63, 3.8) is 0 Å². The molecular formula is C30H20FNO5. The van der Waals surface area contributed by atoms with Crippen molar-refractivity contribution in [1.82, 2.24) is 4.98 Å². The van der Waals surface area contributed by atoms with Crippen LogP contribution in [0, 0.1) is 11.8 Å². The summed E-state index contributed by atoms with van der Waals surface area (Å²) in [5.74, 6) is 4.58. The zero-order valence-electron chi connectivity index (χ0n) is 19.8. The first-order chi connectivity index (χ1) is 18.0. The van der Waals surface area contributed by atoms with Crippen molar-refractivity contribution in [2.24, 2.45) is 0 Å².